The molecule has 0 fully saturated rings. The summed E-state index contributed by atoms with van der Waals surface area (Å²) < 4.78 is 0.961. The summed E-state index contributed by atoms with van der Waals surface area (Å²) in [6, 6.07) is 10.9. The van der Waals surface area contributed by atoms with Gasteiger partial charge in [0.2, 0.25) is 0 Å². The van der Waals surface area contributed by atoms with Crippen LogP contribution in [-0.4, -0.2) is 20.6 Å². The third kappa shape index (κ3) is 3.61. The quantitative estimate of drug-likeness (QED) is 0.656. The van der Waals surface area contributed by atoms with E-state index in [4.69, 9.17) is 5.84 Å². The van der Waals surface area contributed by atoms with E-state index in [0.29, 0.717) is 5.69 Å². The first-order valence-electron chi connectivity index (χ1n) is 6.74. The van der Waals surface area contributed by atoms with Crippen molar-refractivity contribution in [2.75, 3.05) is 0 Å². The number of hydrazine groups is 1. The molecular formula is C16H20BrN3O. The Balaban J connectivity index is 2.58. The van der Waals surface area contributed by atoms with E-state index in [2.05, 4.69) is 20.9 Å². The number of nitrogens with two attached hydrogens (primary N) is 1. The minimum Gasteiger partial charge on any atom is -0.506 e. The van der Waals surface area contributed by atoms with Crippen LogP contribution in [0.1, 0.15) is 38.1 Å². The van der Waals surface area contributed by atoms with Gasteiger partial charge in [0, 0.05) is 16.2 Å². The van der Waals surface area contributed by atoms with Gasteiger partial charge in [-0.05, 0) is 50.6 Å². The predicted molar refractivity (Wildman–Crippen MR) is 87.7 cm³/mol. The van der Waals surface area contributed by atoms with Crippen LogP contribution in [0, 0.1) is 0 Å². The van der Waals surface area contributed by atoms with Crippen molar-refractivity contribution in [2.45, 2.75) is 32.4 Å². The van der Waals surface area contributed by atoms with Gasteiger partial charge in [-0.3, -0.25) is 10.8 Å². The molecule has 0 radical (unpaired) electrons. The normalized spacial score (nSPS) is 13.4. The van der Waals surface area contributed by atoms with E-state index in [9.17, 15) is 5.11 Å². The van der Waals surface area contributed by atoms with Crippen molar-refractivity contribution >= 4 is 15.9 Å². The van der Waals surface area contributed by atoms with Crippen molar-refractivity contribution in [3.05, 3.63) is 58.3 Å². The Hall–Kier alpha value is -1.43. The van der Waals surface area contributed by atoms with Crippen LogP contribution < -0.4 is 5.84 Å². The predicted octanol–water partition coefficient (Wildman–Crippen LogP) is 3.61. The molecule has 112 valence electrons. The van der Waals surface area contributed by atoms with E-state index in [-0.39, 0.29) is 17.3 Å². The van der Waals surface area contributed by atoms with Gasteiger partial charge in [0.15, 0.2) is 0 Å². The monoisotopic (exact) mass is 349 g/mol. The average Bonchev–Trinajstić information content (AvgIpc) is 2.40. The van der Waals surface area contributed by atoms with E-state index in [1.165, 1.54) is 0 Å². The average molecular weight is 350 g/mol. The summed E-state index contributed by atoms with van der Waals surface area (Å²) in [6.45, 7) is 6.08. The Morgan fingerprint density at radius 1 is 1.24 bits per heavy atom. The summed E-state index contributed by atoms with van der Waals surface area (Å²) in [5.41, 5.74) is 1.24. The number of benzene rings is 1. The van der Waals surface area contributed by atoms with Gasteiger partial charge in [0.1, 0.15) is 11.4 Å². The van der Waals surface area contributed by atoms with Crippen LogP contribution in [0.15, 0.2) is 47.1 Å². The van der Waals surface area contributed by atoms with Gasteiger partial charge in [-0.15, -0.1) is 0 Å². The Morgan fingerprint density at radius 2 is 1.95 bits per heavy atom. The fourth-order valence-electron chi connectivity index (χ4n) is 2.13. The van der Waals surface area contributed by atoms with Crippen LogP contribution in [0.4, 0.5) is 0 Å². The SMILES string of the molecule is CC(C)(C)N(N)C(c1cccc(Br)c1)c1ncccc1O. The molecule has 0 saturated heterocycles. The highest BCUT2D eigenvalue weighted by Gasteiger charge is 2.31. The molecule has 5 heteroatoms. The molecule has 1 unspecified atom stereocenters. The summed E-state index contributed by atoms with van der Waals surface area (Å²) in [5, 5.41) is 11.9. The van der Waals surface area contributed by atoms with Crippen LogP contribution in [0.5, 0.6) is 5.75 Å². The van der Waals surface area contributed by atoms with Gasteiger partial charge >= 0.3 is 0 Å². The Bertz CT molecular complexity index is 625. The summed E-state index contributed by atoms with van der Waals surface area (Å²) in [6.07, 6.45) is 1.66. The lowest BCUT2D eigenvalue weighted by Gasteiger charge is -2.38. The molecule has 0 amide bonds. The standard InChI is InChI=1S/C16H20BrN3O/c1-16(2,3)20(18)15(11-6-4-7-12(17)10-11)14-13(21)8-5-9-19-14/h4-10,15,21H,18H2,1-3H3. The van der Waals surface area contributed by atoms with Gasteiger partial charge in [0.25, 0.3) is 0 Å². The van der Waals surface area contributed by atoms with E-state index in [1.54, 1.807) is 23.3 Å². The molecule has 1 aromatic carbocycles. The van der Waals surface area contributed by atoms with Crippen molar-refractivity contribution < 1.29 is 5.11 Å². The highest BCUT2D eigenvalue weighted by atomic mass is 79.9. The summed E-state index contributed by atoms with van der Waals surface area (Å²) in [5.74, 6) is 6.49. The third-order valence-corrected chi connectivity index (χ3v) is 3.79. The summed E-state index contributed by atoms with van der Waals surface area (Å²) in [4.78, 5) is 4.33. The second-order valence-electron chi connectivity index (χ2n) is 5.94. The van der Waals surface area contributed by atoms with E-state index in [1.807, 2.05) is 45.0 Å². The van der Waals surface area contributed by atoms with Crippen LogP contribution >= 0.6 is 15.9 Å². The van der Waals surface area contributed by atoms with Gasteiger partial charge in [0.05, 0.1) is 6.04 Å². The molecule has 4 nitrogen and oxygen atoms in total. The molecule has 2 aromatic rings. The number of aromatic nitrogens is 1. The molecule has 3 N–H and O–H groups in total. The Morgan fingerprint density at radius 3 is 2.52 bits per heavy atom. The molecule has 0 saturated carbocycles. The first kappa shape index (κ1) is 15.9. The lowest BCUT2D eigenvalue weighted by molar-refractivity contribution is 0.0977. The number of pyridine rings is 1. The number of halogens is 1. The molecule has 0 aliphatic carbocycles. The van der Waals surface area contributed by atoms with Crippen LogP contribution in [0.2, 0.25) is 0 Å². The fourth-order valence-corrected chi connectivity index (χ4v) is 2.55. The fraction of sp³-hybridized carbons (Fsp3) is 0.312. The number of nitrogens with zero attached hydrogens (tertiary/aromatic N) is 2. The zero-order chi connectivity index (χ0) is 15.6. The van der Waals surface area contributed by atoms with Crippen molar-refractivity contribution in [3.8, 4) is 5.75 Å². The van der Waals surface area contributed by atoms with Crippen molar-refractivity contribution in [3.63, 3.8) is 0 Å². The largest absolute Gasteiger partial charge is 0.506 e. The Labute approximate surface area is 133 Å². The summed E-state index contributed by atoms with van der Waals surface area (Å²) in [7, 11) is 0. The molecule has 21 heavy (non-hydrogen) atoms. The molecule has 1 atom stereocenters. The maximum Gasteiger partial charge on any atom is 0.139 e. The maximum absolute atomic E-state index is 10.2. The molecule has 0 aliphatic rings. The first-order valence-corrected chi connectivity index (χ1v) is 7.53. The lowest BCUT2D eigenvalue weighted by atomic mass is 9.97. The molecule has 0 spiro atoms. The second-order valence-corrected chi connectivity index (χ2v) is 6.86. The van der Waals surface area contributed by atoms with Crippen LogP contribution in [0.25, 0.3) is 0 Å². The second kappa shape index (κ2) is 6.13. The third-order valence-electron chi connectivity index (χ3n) is 3.29. The number of hydrogen-bond acceptors (Lipinski definition) is 4. The summed E-state index contributed by atoms with van der Waals surface area (Å²) >= 11 is 3.48. The molecule has 2 rings (SSSR count). The maximum atomic E-state index is 10.2. The first-order chi connectivity index (χ1) is 9.80. The number of rotatable bonds is 3. The topological polar surface area (TPSA) is 62.4 Å². The van der Waals surface area contributed by atoms with E-state index in [0.717, 1.165) is 10.0 Å². The zero-order valence-electron chi connectivity index (χ0n) is 12.4. The van der Waals surface area contributed by atoms with Gasteiger partial charge < -0.3 is 5.11 Å². The lowest BCUT2D eigenvalue weighted by Crippen LogP contribution is -2.49. The van der Waals surface area contributed by atoms with Gasteiger partial charge in [-0.1, -0.05) is 28.1 Å². The molecule has 1 aromatic heterocycles. The van der Waals surface area contributed by atoms with Crippen LogP contribution in [0.3, 0.4) is 0 Å². The van der Waals surface area contributed by atoms with Crippen molar-refractivity contribution in [1.29, 1.82) is 0 Å². The highest BCUT2D eigenvalue weighted by Crippen LogP contribution is 2.35. The van der Waals surface area contributed by atoms with E-state index < -0.39 is 0 Å². The smallest absolute Gasteiger partial charge is 0.139 e. The number of hydrogen-bond donors (Lipinski definition) is 2. The number of aromatic hydroxyl groups is 1. The molecule has 0 bridgehead atoms. The Kier molecular flexibility index (Phi) is 4.66. The molecule has 1 heterocycles. The zero-order valence-corrected chi connectivity index (χ0v) is 14.0. The van der Waals surface area contributed by atoms with Gasteiger partial charge in [-0.2, -0.15) is 0 Å². The van der Waals surface area contributed by atoms with Crippen molar-refractivity contribution in [2.24, 2.45) is 5.84 Å². The van der Waals surface area contributed by atoms with Crippen LogP contribution in [-0.2, 0) is 0 Å². The highest BCUT2D eigenvalue weighted by molar-refractivity contribution is 9.10. The minimum absolute atomic E-state index is 0.141. The van der Waals surface area contributed by atoms with Crippen molar-refractivity contribution in [1.82, 2.24) is 9.99 Å². The molecule has 0 aliphatic heterocycles. The van der Waals surface area contributed by atoms with Gasteiger partial charge in [-0.25, -0.2) is 5.01 Å². The van der Waals surface area contributed by atoms with E-state index >= 15 is 0 Å². The molecular weight excluding hydrogens is 330 g/mol. The minimum atomic E-state index is -0.330.